The smallest absolute Gasteiger partial charge is 0.265 e. The van der Waals surface area contributed by atoms with Crippen molar-refractivity contribution in [2.45, 2.75) is 0 Å². The molecule has 0 saturated heterocycles. The highest BCUT2D eigenvalue weighted by Crippen LogP contribution is 2.34. The van der Waals surface area contributed by atoms with Crippen LogP contribution in [0.25, 0.3) is 11.1 Å². The summed E-state index contributed by atoms with van der Waals surface area (Å²) in [6.45, 7) is 0. The van der Waals surface area contributed by atoms with Gasteiger partial charge in [-0.15, -0.1) is 0 Å². The molecule has 2 heterocycles. The molecule has 0 fully saturated rings. The molecule has 1 aromatic heterocycles. The van der Waals surface area contributed by atoms with Gasteiger partial charge in [-0.1, -0.05) is 12.1 Å². The second kappa shape index (κ2) is 5.46. The van der Waals surface area contributed by atoms with Crippen LogP contribution in [-0.2, 0) is 0 Å². The molecule has 7 heteroatoms. The van der Waals surface area contributed by atoms with Crippen LogP contribution >= 0.6 is 0 Å². The van der Waals surface area contributed by atoms with Crippen molar-refractivity contribution in [3.05, 3.63) is 71.4 Å². The molecular formula is C18H8F2N4O. The fraction of sp³-hybridized carbons (Fsp3) is 0. The number of carbonyl (C=O) groups excluding carboxylic acids is 1. The van der Waals surface area contributed by atoms with Crippen LogP contribution in [0.4, 0.5) is 14.6 Å². The van der Waals surface area contributed by atoms with Gasteiger partial charge in [0, 0.05) is 17.2 Å². The second-order valence-corrected chi connectivity index (χ2v) is 5.37. The van der Waals surface area contributed by atoms with Crippen LogP contribution in [0.1, 0.15) is 15.9 Å². The SMILES string of the molecule is N#Cc1ccc(-c2cnn3c2N=C(c2ccc(F)cc2F)C3=O)cc1. The first-order valence-electron chi connectivity index (χ1n) is 7.26. The molecule has 0 saturated carbocycles. The third-order valence-electron chi connectivity index (χ3n) is 3.87. The first kappa shape index (κ1) is 14.9. The molecule has 0 aliphatic carbocycles. The van der Waals surface area contributed by atoms with Crippen LogP contribution in [0, 0.1) is 23.0 Å². The zero-order valence-electron chi connectivity index (χ0n) is 12.6. The zero-order valence-corrected chi connectivity index (χ0v) is 12.6. The van der Waals surface area contributed by atoms with Gasteiger partial charge in [-0.2, -0.15) is 15.0 Å². The molecule has 0 atom stereocenters. The van der Waals surface area contributed by atoms with E-state index in [2.05, 4.69) is 10.1 Å². The van der Waals surface area contributed by atoms with Crippen LogP contribution in [-0.4, -0.2) is 21.4 Å². The summed E-state index contributed by atoms with van der Waals surface area (Å²) in [6, 6.07) is 11.7. The van der Waals surface area contributed by atoms with Gasteiger partial charge >= 0.3 is 0 Å². The molecular weight excluding hydrogens is 326 g/mol. The summed E-state index contributed by atoms with van der Waals surface area (Å²) in [4.78, 5) is 16.7. The summed E-state index contributed by atoms with van der Waals surface area (Å²) in [5.41, 5.74) is 1.59. The van der Waals surface area contributed by atoms with Crippen molar-refractivity contribution in [3.63, 3.8) is 0 Å². The summed E-state index contributed by atoms with van der Waals surface area (Å²) >= 11 is 0. The number of rotatable bonds is 2. The molecule has 1 aliphatic rings. The number of nitriles is 1. The minimum Gasteiger partial charge on any atom is -0.265 e. The van der Waals surface area contributed by atoms with Crippen molar-refractivity contribution >= 4 is 17.4 Å². The van der Waals surface area contributed by atoms with E-state index in [0.29, 0.717) is 17.2 Å². The molecule has 0 N–H and O–H groups in total. The third kappa shape index (κ3) is 2.32. The molecule has 1 aliphatic heterocycles. The number of halogens is 2. The standard InChI is InChI=1S/C18H8F2N4O/c19-12-5-6-13(15(20)7-12)16-18(25)24-17(23-16)14(9-22-24)11-3-1-10(8-21)2-4-11/h1-7,9H. The van der Waals surface area contributed by atoms with Crippen molar-refractivity contribution < 1.29 is 13.6 Å². The lowest BCUT2D eigenvalue weighted by Crippen LogP contribution is -2.19. The summed E-state index contributed by atoms with van der Waals surface area (Å²) in [6.07, 6.45) is 1.48. The monoisotopic (exact) mass is 334 g/mol. The predicted octanol–water partition coefficient (Wildman–Crippen LogP) is 3.47. The molecule has 25 heavy (non-hydrogen) atoms. The number of hydrogen-bond acceptors (Lipinski definition) is 4. The normalized spacial score (nSPS) is 12.7. The Morgan fingerprint density at radius 3 is 2.48 bits per heavy atom. The van der Waals surface area contributed by atoms with Gasteiger partial charge in [0.05, 0.1) is 17.8 Å². The average Bonchev–Trinajstić information content (AvgIpc) is 3.16. The Hall–Kier alpha value is -3.66. The van der Waals surface area contributed by atoms with Gasteiger partial charge in [-0.05, 0) is 29.8 Å². The van der Waals surface area contributed by atoms with E-state index in [9.17, 15) is 13.6 Å². The Balaban J connectivity index is 1.81. The molecule has 0 bridgehead atoms. The maximum Gasteiger partial charge on any atom is 0.299 e. The van der Waals surface area contributed by atoms with Crippen LogP contribution in [0.15, 0.2) is 53.7 Å². The lowest BCUT2D eigenvalue weighted by Gasteiger charge is -2.01. The van der Waals surface area contributed by atoms with Crippen LogP contribution in [0.2, 0.25) is 0 Å². The quantitative estimate of drug-likeness (QED) is 0.720. The Morgan fingerprint density at radius 2 is 1.80 bits per heavy atom. The van der Waals surface area contributed by atoms with Crippen molar-refractivity contribution in [1.29, 1.82) is 5.26 Å². The number of aromatic nitrogens is 2. The average molecular weight is 334 g/mol. The van der Waals surface area contributed by atoms with E-state index in [-0.39, 0.29) is 17.1 Å². The largest absolute Gasteiger partial charge is 0.299 e. The number of carbonyl (C=O) groups is 1. The van der Waals surface area contributed by atoms with Crippen LogP contribution in [0.5, 0.6) is 0 Å². The Labute approximate surface area is 140 Å². The van der Waals surface area contributed by atoms with Crippen molar-refractivity contribution in [3.8, 4) is 17.2 Å². The maximum absolute atomic E-state index is 14.0. The lowest BCUT2D eigenvalue weighted by atomic mass is 10.1. The number of fused-ring (bicyclic) bond motifs is 1. The number of benzene rings is 2. The van der Waals surface area contributed by atoms with Gasteiger partial charge in [-0.3, -0.25) is 4.79 Å². The van der Waals surface area contributed by atoms with Gasteiger partial charge in [-0.25, -0.2) is 13.8 Å². The molecule has 2 aromatic carbocycles. The van der Waals surface area contributed by atoms with E-state index in [1.54, 1.807) is 24.3 Å². The topological polar surface area (TPSA) is 71.0 Å². The minimum atomic E-state index is -0.863. The van der Waals surface area contributed by atoms with Crippen molar-refractivity contribution in [2.75, 3.05) is 0 Å². The van der Waals surface area contributed by atoms with E-state index in [1.807, 2.05) is 6.07 Å². The Morgan fingerprint density at radius 1 is 1.04 bits per heavy atom. The maximum atomic E-state index is 14.0. The Bertz CT molecular complexity index is 1090. The highest BCUT2D eigenvalue weighted by Gasteiger charge is 2.30. The fourth-order valence-electron chi connectivity index (χ4n) is 2.64. The Kier molecular flexibility index (Phi) is 3.25. The first-order valence-corrected chi connectivity index (χ1v) is 7.26. The van der Waals surface area contributed by atoms with Gasteiger partial charge < -0.3 is 0 Å². The molecule has 120 valence electrons. The second-order valence-electron chi connectivity index (χ2n) is 5.37. The van der Waals surface area contributed by atoms with Crippen LogP contribution in [0.3, 0.4) is 0 Å². The molecule has 5 nitrogen and oxygen atoms in total. The van der Waals surface area contributed by atoms with E-state index in [1.165, 1.54) is 12.3 Å². The summed E-state index contributed by atoms with van der Waals surface area (Å²) in [7, 11) is 0. The summed E-state index contributed by atoms with van der Waals surface area (Å²) < 4.78 is 28.1. The van der Waals surface area contributed by atoms with Crippen molar-refractivity contribution in [2.24, 2.45) is 4.99 Å². The third-order valence-corrected chi connectivity index (χ3v) is 3.87. The van der Waals surface area contributed by atoms with E-state index >= 15 is 0 Å². The van der Waals surface area contributed by atoms with E-state index in [0.717, 1.165) is 16.3 Å². The highest BCUT2D eigenvalue weighted by atomic mass is 19.1. The van der Waals surface area contributed by atoms with E-state index < -0.39 is 17.5 Å². The molecule has 0 spiro atoms. The number of aliphatic imine (C=N–C) groups is 1. The predicted molar refractivity (Wildman–Crippen MR) is 85.6 cm³/mol. The molecule has 0 amide bonds. The molecule has 3 aromatic rings. The number of nitrogens with zero attached hydrogens (tertiary/aromatic N) is 4. The molecule has 4 rings (SSSR count). The minimum absolute atomic E-state index is 0.0809. The molecule has 0 radical (unpaired) electrons. The van der Waals surface area contributed by atoms with E-state index in [4.69, 9.17) is 5.26 Å². The summed E-state index contributed by atoms with van der Waals surface area (Å²) in [5, 5.41) is 12.9. The summed E-state index contributed by atoms with van der Waals surface area (Å²) in [5.74, 6) is -1.91. The highest BCUT2D eigenvalue weighted by molar-refractivity contribution is 6.48. The lowest BCUT2D eigenvalue weighted by molar-refractivity contribution is 0.0984. The van der Waals surface area contributed by atoms with Crippen LogP contribution < -0.4 is 0 Å². The van der Waals surface area contributed by atoms with Gasteiger partial charge in [0.15, 0.2) is 5.82 Å². The number of hydrogen-bond donors (Lipinski definition) is 0. The fourth-order valence-corrected chi connectivity index (χ4v) is 2.64. The molecule has 0 unspecified atom stereocenters. The van der Waals surface area contributed by atoms with Crippen molar-refractivity contribution in [1.82, 2.24) is 9.78 Å². The van der Waals surface area contributed by atoms with Gasteiger partial charge in [0.2, 0.25) is 0 Å². The van der Waals surface area contributed by atoms with Gasteiger partial charge in [0.1, 0.15) is 17.3 Å². The zero-order chi connectivity index (χ0) is 17.6. The first-order chi connectivity index (χ1) is 12.1. The van der Waals surface area contributed by atoms with Gasteiger partial charge in [0.25, 0.3) is 5.91 Å².